The molecule has 3 aromatic carbocycles. The molecule has 0 spiro atoms. The lowest BCUT2D eigenvalue weighted by atomic mass is 10.0. The average Bonchev–Trinajstić information content (AvgIpc) is 3.06. The lowest BCUT2D eigenvalue weighted by Gasteiger charge is -2.25. The van der Waals surface area contributed by atoms with Crippen molar-refractivity contribution in [3.8, 4) is 0 Å². The second-order valence-electron chi connectivity index (χ2n) is 11.9. The molecule has 0 saturated heterocycles. The van der Waals surface area contributed by atoms with Crippen LogP contribution in [0.15, 0.2) is 83.8 Å². The van der Waals surface area contributed by atoms with Crippen LogP contribution in [0.5, 0.6) is 0 Å². The van der Waals surface area contributed by atoms with Gasteiger partial charge < -0.3 is 26.6 Å². The molecule has 0 bridgehead atoms. The van der Waals surface area contributed by atoms with Crippen molar-refractivity contribution in [3.05, 3.63) is 101 Å². The van der Waals surface area contributed by atoms with Crippen molar-refractivity contribution in [2.24, 2.45) is 11.1 Å². The summed E-state index contributed by atoms with van der Waals surface area (Å²) in [5.74, 6) is -1.41. The van der Waals surface area contributed by atoms with Gasteiger partial charge in [-0.1, -0.05) is 62.4 Å². The molecule has 0 saturated carbocycles. The van der Waals surface area contributed by atoms with Crippen LogP contribution in [0.3, 0.4) is 0 Å². The lowest BCUT2D eigenvalue weighted by molar-refractivity contribution is -0.130. The van der Waals surface area contributed by atoms with Crippen molar-refractivity contribution >= 4 is 33.7 Å². The zero-order valence-corrected chi connectivity index (χ0v) is 28.6. The highest BCUT2D eigenvalue weighted by Crippen LogP contribution is 2.11. The maximum atomic E-state index is 13.4. The van der Waals surface area contributed by atoms with E-state index in [1.54, 1.807) is 37.3 Å². The van der Waals surface area contributed by atoms with E-state index in [1.165, 1.54) is 18.2 Å². The average molecular weight is 679 g/mol. The molecule has 3 rings (SSSR count). The van der Waals surface area contributed by atoms with Gasteiger partial charge in [0.15, 0.2) is 0 Å². The zero-order valence-electron chi connectivity index (χ0n) is 27.8. The third kappa shape index (κ3) is 11.9. The molecule has 48 heavy (non-hydrogen) atoms. The molecule has 3 aromatic rings. The van der Waals surface area contributed by atoms with Crippen LogP contribution in [0.4, 0.5) is 0 Å². The van der Waals surface area contributed by atoms with Crippen LogP contribution in [0.2, 0.25) is 0 Å². The fourth-order valence-corrected chi connectivity index (χ4v) is 5.44. The highest BCUT2D eigenvalue weighted by atomic mass is 32.2. The van der Waals surface area contributed by atoms with Crippen LogP contribution in [0, 0.1) is 5.92 Å². The van der Waals surface area contributed by atoms with E-state index < -0.39 is 28.1 Å². The molecule has 12 nitrogen and oxygen atoms in total. The van der Waals surface area contributed by atoms with Crippen molar-refractivity contribution in [3.63, 3.8) is 0 Å². The smallest absolute Gasteiger partial charge is 0.251 e. The molecule has 258 valence electrons. The van der Waals surface area contributed by atoms with Crippen LogP contribution in [-0.4, -0.2) is 69.8 Å². The topological polar surface area (TPSA) is 189 Å². The fraction of sp³-hybridized carbons (Fsp3) is 0.371. The monoisotopic (exact) mass is 678 g/mol. The Bertz CT molecular complexity index is 1650. The number of likely N-dealkylation sites (N-methyl/N-ethyl adjacent to an activating group) is 1. The quantitative estimate of drug-likeness (QED) is 0.126. The number of benzene rings is 3. The van der Waals surface area contributed by atoms with Gasteiger partial charge in [0, 0.05) is 36.8 Å². The van der Waals surface area contributed by atoms with Gasteiger partial charge in [-0.3, -0.25) is 19.2 Å². The standard InChI is InChI=1S/C35H46N6O6S/c1-5-37-35(45)31(23(2)3)41-32(42)24(4)39-22-29(20-26-10-7-6-8-11-26)40-34(44)28-13-9-12-27(21-28)33(43)38-19-18-25-14-16-30(17-15-25)48(36,46)47/h6-17,21,23-24,29,31,39H,5,18-20,22H2,1-4H3,(H,37,45)(H,38,43)(H,40,44)(H,41,42)(H2,36,46,47)/t24-,29-,31-/m0/s1. The Morgan fingerprint density at radius 1 is 0.750 bits per heavy atom. The predicted octanol–water partition coefficient (Wildman–Crippen LogP) is 1.90. The summed E-state index contributed by atoms with van der Waals surface area (Å²) < 4.78 is 22.9. The fourth-order valence-electron chi connectivity index (χ4n) is 4.92. The number of amides is 4. The van der Waals surface area contributed by atoms with E-state index in [-0.39, 0.29) is 41.0 Å². The van der Waals surface area contributed by atoms with Crippen LogP contribution < -0.4 is 31.7 Å². The normalized spacial score (nSPS) is 13.2. The molecule has 0 radical (unpaired) electrons. The summed E-state index contributed by atoms with van der Waals surface area (Å²) in [7, 11) is -3.78. The molecule has 0 aliphatic heterocycles. The van der Waals surface area contributed by atoms with Crippen molar-refractivity contribution in [2.45, 2.75) is 63.6 Å². The lowest BCUT2D eigenvalue weighted by Crippen LogP contribution is -2.55. The number of nitrogens with two attached hydrogens (primary N) is 1. The summed E-state index contributed by atoms with van der Waals surface area (Å²) in [6.07, 6.45) is 0.950. The first kappa shape index (κ1) is 37.9. The SMILES string of the molecule is CCNC(=O)[C@@H](NC(=O)[C@H](C)NC[C@H](Cc1ccccc1)NC(=O)c1cccc(C(=O)NCCc2ccc(S(N)(=O)=O)cc2)c1)C(C)C. The van der Waals surface area contributed by atoms with Crippen molar-refractivity contribution in [1.29, 1.82) is 0 Å². The van der Waals surface area contributed by atoms with E-state index in [4.69, 9.17) is 5.14 Å². The summed E-state index contributed by atoms with van der Waals surface area (Å²) in [5, 5.41) is 19.8. The molecule has 7 N–H and O–H groups in total. The van der Waals surface area contributed by atoms with E-state index in [0.29, 0.717) is 37.1 Å². The first-order chi connectivity index (χ1) is 22.8. The van der Waals surface area contributed by atoms with Gasteiger partial charge in [0.05, 0.1) is 10.9 Å². The minimum atomic E-state index is -3.78. The first-order valence-corrected chi connectivity index (χ1v) is 17.5. The maximum Gasteiger partial charge on any atom is 0.251 e. The Kier molecular flexibility index (Phi) is 14.3. The Morgan fingerprint density at radius 2 is 1.40 bits per heavy atom. The van der Waals surface area contributed by atoms with Gasteiger partial charge in [-0.2, -0.15) is 0 Å². The number of sulfonamides is 1. The summed E-state index contributed by atoms with van der Waals surface area (Å²) in [6.45, 7) is 8.27. The van der Waals surface area contributed by atoms with Crippen LogP contribution in [0.25, 0.3) is 0 Å². The summed E-state index contributed by atoms with van der Waals surface area (Å²) in [4.78, 5) is 51.7. The van der Waals surface area contributed by atoms with Gasteiger partial charge >= 0.3 is 0 Å². The van der Waals surface area contributed by atoms with E-state index in [1.807, 2.05) is 51.1 Å². The second-order valence-corrected chi connectivity index (χ2v) is 13.5. The van der Waals surface area contributed by atoms with E-state index in [0.717, 1.165) is 11.1 Å². The predicted molar refractivity (Wildman–Crippen MR) is 185 cm³/mol. The zero-order chi connectivity index (χ0) is 35.3. The molecular formula is C35H46N6O6S. The van der Waals surface area contributed by atoms with Gasteiger partial charge in [0.2, 0.25) is 21.8 Å². The Labute approximate surface area is 282 Å². The summed E-state index contributed by atoms with van der Waals surface area (Å²) in [6, 6.07) is 20.4. The number of hydrogen-bond acceptors (Lipinski definition) is 7. The first-order valence-electron chi connectivity index (χ1n) is 15.9. The molecule has 0 unspecified atom stereocenters. The molecule has 0 aliphatic rings. The van der Waals surface area contributed by atoms with Gasteiger partial charge in [-0.15, -0.1) is 0 Å². The Morgan fingerprint density at radius 3 is 2.00 bits per heavy atom. The largest absolute Gasteiger partial charge is 0.355 e. The van der Waals surface area contributed by atoms with Crippen LogP contribution in [-0.2, 0) is 32.5 Å². The van der Waals surface area contributed by atoms with Crippen molar-refractivity contribution in [2.75, 3.05) is 19.6 Å². The number of rotatable bonds is 17. The van der Waals surface area contributed by atoms with Gasteiger partial charge in [-0.05, 0) is 74.1 Å². The third-order valence-corrected chi connectivity index (χ3v) is 8.59. The van der Waals surface area contributed by atoms with Gasteiger partial charge in [0.25, 0.3) is 11.8 Å². The van der Waals surface area contributed by atoms with Crippen LogP contribution >= 0.6 is 0 Å². The van der Waals surface area contributed by atoms with Crippen molar-refractivity contribution < 1.29 is 27.6 Å². The Hall–Kier alpha value is -4.59. The van der Waals surface area contributed by atoms with Gasteiger partial charge in [0.1, 0.15) is 6.04 Å². The van der Waals surface area contributed by atoms with E-state index in [9.17, 15) is 27.6 Å². The number of nitrogens with one attached hydrogen (secondary N) is 5. The molecule has 4 amide bonds. The summed E-state index contributed by atoms with van der Waals surface area (Å²) >= 11 is 0. The molecular weight excluding hydrogens is 632 g/mol. The number of primary sulfonamides is 1. The second kappa shape index (κ2) is 18.1. The number of hydrogen-bond donors (Lipinski definition) is 6. The molecule has 0 aliphatic carbocycles. The number of carbonyl (C=O) groups is 4. The summed E-state index contributed by atoms with van der Waals surface area (Å²) in [5.41, 5.74) is 2.42. The van der Waals surface area contributed by atoms with Crippen molar-refractivity contribution in [1.82, 2.24) is 26.6 Å². The third-order valence-electron chi connectivity index (χ3n) is 7.66. The maximum absolute atomic E-state index is 13.4. The van der Waals surface area contributed by atoms with Crippen LogP contribution in [0.1, 0.15) is 59.5 Å². The van der Waals surface area contributed by atoms with Gasteiger partial charge in [-0.25, -0.2) is 13.6 Å². The highest BCUT2D eigenvalue weighted by molar-refractivity contribution is 7.89. The molecule has 0 aromatic heterocycles. The number of carbonyl (C=O) groups excluding carboxylic acids is 4. The molecule has 3 atom stereocenters. The molecule has 0 heterocycles. The molecule has 0 fully saturated rings. The van der Waals surface area contributed by atoms with E-state index in [2.05, 4.69) is 26.6 Å². The molecule has 13 heteroatoms. The minimum absolute atomic E-state index is 0.0141. The Balaban J connectivity index is 1.62. The highest BCUT2D eigenvalue weighted by Gasteiger charge is 2.26. The van der Waals surface area contributed by atoms with E-state index >= 15 is 0 Å². The minimum Gasteiger partial charge on any atom is -0.355 e.